The Kier molecular flexibility index (Phi) is 3.26. The number of esters is 1. The Morgan fingerprint density at radius 1 is 1.67 bits per heavy atom. The lowest BCUT2D eigenvalue weighted by Crippen LogP contribution is -2.14. The first-order chi connectivity index (χ1) is 5.77. The molecule has 3 nitrogen and oxygen atoms in total. The maximum Gasteiger partial charge on any atom is 0.306 e. The summed E-state index contributed by atoms with van der Waals surface area (Å²) in [5.74, 6) is 0.109. The highest BCUT2D eigenvalue weighted by Crippen LogP contribution is 2.37. The third-order valence-corrected chi connectivity index (χ3v) is 2.11. The van der Waals surface area contributed by atoms with Crippen molar-refractivity contribution in [2.75, 3.05) is 6.61 Å². The van der Waals surface area contributed by atoms with Crippen molar-refractivity contribution in [2.24, 2.45) is 11.8 Å². The van der Waals surface area contributed by atoms with Crippen molar-refractivity contribution in [1.29, 1.82) is 0 Å². The fourth-order valence-corrected chi connectivity index (χ4v) is 1.26. The molecule has 1 unspecified atom stereocenters. The Hall–Kier alpha value is -0.860. The van der Waals surface area contributed by atoms with Gasteiger partial charge >= 0.3 is 5.97 Å². The molecule has 0 bridgehead atoms. The summed E-state index contributed by atoms with van der Waals surface area (Å²) in [6.45, 7) is 2.17. The number of aldehydes is 1. The number of hydrogen-bond donors (Lipinski definition) is 0. The summed E-state index contributed by atoms with van der Waals surface area (Å²) in [6.07, 6.45) is 3.32. The minimum absolute atomic E-state index is 0.0935. The predicted octanol–water partition coefficient (Wildman–Crippen LogP) is 1.16. The molecule has 0 saturated heterocycles. The molecule has 1 saturated carbocycles. The fraction of sp³-hybridized carbons (Fsp3) is 0.778. The lowest BCUT2D eigenvalue weighted by Gasteiger charge is -2.06. The molecular formula is C9H14O3. The predicted molar refractivity (Wildman–Crippen MR) is 43.5 cm³/mol. The van der Waals surface area contributed by atoms with E-state index in [9.17, 15) is 9.59 Å². The van der Waals surface area contributed by atoms with Gasteiger partial charge in [0.2, 0.25) is 0 Å². The van der Waals surface area contributed by atoms with Crippen LogP contribution in [0.3, 0.4) is 0 Å². The van der Waals surface area contributed by atoms with Crippen molar-refractivity contribution in [3.05, 3.63) is 0 Å². The number of rotatable bonds is 5. The van der Waals surface area contributed by atoms with Gasteiger partial charge in [-0.25, -0.2) is 0 Å². The molecule has 0 aromatic rings. The zero-order chi connectivity index (χ0) is 8.97. The first-order valence-corrected chi connectivity index (χ1v) is 4.38. The standard InChI is InChI=1S/C9H14O3/c1-2-12-9(11)5-8(6-10)7-3-4-7/h6-8H,2-5H2,1H3. The van der Waals surface area contributed by atoms with Crippen molar-refractivity contribution >= 4 is 12.3 Å². The van der Waals surface area contributed by atoms with Gasteiger partial charge in [0.15, 0.2) is 0 Å². The van der Waals surface area contributed by atoms with Gasteiger partial charge in [0.1, 0.15) is 6.29 Å². The van der Waals surface area contributed by atoms with Crippen molar-refractivity contribution < 1.29 is 14.3 Å². The van der Waals surface area contributed by atoms with Crippen LogP contribution in [0.5, 0.6) is 0 Å². The molecule has 0 N–H and O–H groups in total. The molecule has 1 aliphatic rings. The SMILES string of the molecule is CCOC(=O)CC(C=O)C1CC1. The lowest BCUT2D eigenvalue weighted by atomic mass is 10.0. The number of carbonyl (C=O) groups is 2. The van der Waals surface area contributed by atoms with Crippen LogP contribution in [0.25, 0.3) is 0 Å². The molecule has 0 aromatic carbocycles. The highest BCUT2D eigenvalue weighted by molar-refractivity contribution is 5.74. The van der Waals surface area contributed by atoms with Crippen LogP contribution in [-0.2, 0) is 14.3 Å². The van der Waals surface area contributed by atoms with Gasteiger partial charge in [0.05, 0.1) is 13.0 Å². The summed E-state index contributed by atoms with van der Waals surface area (Å²) in [5, 5.41) is 0. The van der Waals surface area contributed by atoms with Crippen LogP contribution in [0.15, 0.2) is 0 Å². The van der Waals surface area contributed by atoms with Crippen molar-refractivity contribution in [3.63, 3.8) is 0 Å². The second kappa shape index (κ2) is 4.24. The van der Waals surface area contributed by atoms with Gasteiger partial charge in [0.25, 0.3) is 0 Å². The summed E-state index contributed by atoms with van der Waals surface area (Å²) < 4.78 is 4.75. The van der Waals surface area contributed by atoms with E-state index < -0.39 is 0 Å². The number of hydrogen-bond acceptors (Lipinski definition) is 3. The van der Waals surface area contributed by atoms with Crippen LogP contribution in [0, 0.1) is 11.8 Å². The molecule has 0 amide bonds. The first kappa shape index (κ1) is 9.23. The van der Waals surface area contributed by atoms with E-state index in [1.807, 2.05) is 0 Å². The Morgan fingerprint density at radius 3 is 2.75 bits per heavy atom. The Balaban J connectivity index is 2.26. The van der Waals surface area contributed by atoms with Gasteiger partial charge in [-0.05, 0) is 25.7 Å². The van der Waals surface area contributed by atoms with Crippen molar-refractivity contribution in [2.45, 2.75) is 26.2 Å². The normalized spacial score (nSPS) is 18.4. The highest BCUT2D eigenvalue weighted by atomic mass is 16.5. The van der Waals surface area contributed by atoms with Gasteiger partial charge < -0.3 is 9.53 Å². The summed E-state index contributed by atoms with van der Waals surface area (Å²) in [4.78, 5) is 21.5. The van der Waals surface area contributed by atoms with Crippen molar-refractivity contribution in [3.8, 4) is 0 Å². The van der Waals surface area contributed by atoms with Crippen LogP contribution in [0.2, 0.25) is 0 Å². The largest absolute Gasteiger partial charge is 0.466 e. The van der Waals surface area contributed by atoms with E-state index in [1.165, 1.54) is 0 Å². The van der Waals surface area contributed by atoms with Gasteiger partial charge in [-0.1, -0.05) is 0 Å². The van der Waals surface area contributed by atoms with Gasteiger partial charge in [0, 0.05) is 5.92 Å². The van der Waals surface area contributed by atoms with E-state index in [0.717, 1.165) is 19.1 Å². The van der Waals surface area contributed by atoms with Crippen LogP contribution in [-0.4, -0.2) is 18.9 Å². The number of ether oxygens (including phenoxy) is 1. The molecule has 1 fully saturated rings. The Morgan fingerprint density at radius 2 is 2.33 bits per heavy atom. The Bertz CT molecular complexity index is 173. The molecular weight excluding hydrogens is 156 g/mol. The van der Waals surface area contributed by atoms with E-state index in [2.05, 4.69) is 0 Å². The summed E-state index contributed by atoms with van der Waals surface area (Å²) in [5.41, 5.74) is 0. The van der Waals surface area contributed by atoms with E-state index in [1.54, 1.807) is 6.92 Å². The number of carbonyl (C=O) groups excluding carboxylic acids is 2. The van der Waals surface area contributed by atoms with Gasteiger partial charge in [-0.2, -0.15) is 0 Å². The average molecular weight is 170 g/mol. The molecule has 1 aliphatic carbocycles. The first-order valence-electron chi connectivity index (χ1n) is 4.38. The van der Waals surface area contributed by atoms with E-state index in [0.29, 0.717) is 12.5 Å². The van der Waals surface area contributed by atoms with Crippen LogP contribution < -0.4 is 0 Å². The third kappa shape index (κ3) is 2.64. The second-order valence-electron chi connectivity index (χ2n) is 3.15. The quantitative estimate of drug-likeness (QED) is 0.459. The molecule has 0 radical (unpaired) electrons. The minimum Gasteiger partial charge on any atom is -0.466 e. The van der Waals surface area contributed by atoms with Crippen LogP contribution >= 0.6 is 0 Å². The van der Waals surface area contributed by atoms with Crippen LogP contribution in [0.1, 0.15) is 26.2 Å². The summed E-state index contributed by atoms with van der Waals surface area (Å²) in [7, 11) is 0. The molecule has 68 valence electrons. The maximum absolute atomic E-state index is 11.0. The minimum atomic E-state index is -0.249. The van der Waals surface area contributed by atoms with Crippen molar-refractivity contribution in [1.82, 2.24) is 0 Å². The molecule has 0 spiro atoms. The molecule has 0 heterocycles. The second-order valence-corrected chi connectivity index (χ2v) is 3.15. The Labute approximate surface area is 72.1 Å². The zero-order valence-electron chi connectivity index (χ0n) is 7.29. The monoisotopic (exact) mass is 170 g/mol. The molecule has 0 aliphatic heterocycles. The molecule has 1 atom stereocenters. The fourth-order valence-electron chi connectivity index (χ4n) is 1.26. The smallest absolute Gasteiger partial charge is 0.306 e. The van der Waals surface area contributed by atoms with E-state index in [4.69, 9.17) is 4.74 Å². The lowest BCUT2D eigenvalue weighted by molar-refractivity contribution is -0.145. The van der Waals surface area contributed by atoms with E-state index in [-0.39, 0.29) is 18.3 Å². The van der Waals surface area contributed by atoms with Gasteiger partial charge in [-0.15, -0.1) is 0 Å². The topological polar surface area (TPSA) is 43.4 Å². The van der Waals surface area contributed by atoms with E-state index >= 15 is 0 Å². The zero-order valence-corrected chi connectivity index (χ0v) is 7.29. The summed E-state index contributed by atoms with van der Waals surface area (Å²) >= 11 is 0. The maximum atomic E-state index is 11.0. The molecule has 1 rings (SSSR count). The molecule has 0 aromatic heterocycles. The third-order valence-electron chi connectivity index (χ3n) is 2.11. The molecule has 12 heavy (non-hydrogen) atoms. The average Bonchev–Trinajstić information content (AvgIpc) is 2.83. The van der Waals surface area contributed by atoms with Gasteiger partial charge in [-0.3, -0.25) is 4.79 Å². The molecule has 3 heteroatoms. The summed E-state index contributed by atoms with van der Waals surface area (Å²) in [6, 6.07) is 0. The van der Waals surface area contributed by atoms with Crippen LogP contribution in [0.4, 0.5) is 0 Å². The highest BCUT2D eigenvalue weighted by Gasteiger charge is 2.32.